The Morgan fingerprint density at radius 1 is 0.806 bits per heavy atom. The van der Waals surface area contributed by atoms with E-state index in [1.54, 1.807) is 7.05 Å². The van der Waals surface area contributed by atoms with Crippen LogP contribution in [0, 0.1) is 0 Å². The first-order valence-corrected chi connectivity index (χ1v) is 7.76. The van der Waals surface area contributed by atoms with Crippen molar-refractivity contribution in [2.75, 3.05) is 18.1 Å². The fourth-order valence-corrected chi connectivity index (χ4v) is 2.02. The van der Waals surface area contributed by atoms with E-state index in [2.05, 4.69) is 5.32 Å². The van der Waals surface area contributed by atoms with E-state index in [4.69, 9.17) is 40.8 Å². The Morgan fingerprint density at radius 3 is 1.55 bits per heavy atom. The first kappa shape index (κ1) is 32.3. The summed E-state index contributed by atoms with van der Waals surface area (Å²) in [4.78, 5) is 29.2. The molecule has 0 unspecified atom stereocenters. The highest BCUT2D eigenvalue weighted by atomic mass is 16.4. The minimum absolute atomic E-state index is 0. The van der Waals surface area contributed by atoms with Crippen LogP contribution >= 0.6 is 0 Å². The molecule has 2 rings (SSSR count). The number of carbonyl (C=O) groups excluding carboxylic acids is 1. The number of hydrogen-bond acceptors (Lipinski definition) is 9. The molecule has 0 fully saturated rings. The first-order valence-electron chi connectivity index (χ1n) is 7.76. The standard InChI is InChI=1S/C8H10BNO4.C7H8BNO4.CH2O.2CH4/c1-10-7-3-5(8(11)12)2-6(4-7)9(13)14;9-6-2-4(7(10)11)1-5(3-6)8(12)13;1-2;;/h2-4,10,13-14H,1H3,(H,11,12);1-3,12-13H,9H2,(H,10,11);1H2;2*1H4. The predicted octanol–water partition coefficient (Wildman–Crippen LogP) is -1.16. The first-order chi connectivity index (χ1) is 13.5. The summed E-state index contributed by atoms with van der Waals surface area (Å²) in [6, 6.07) is 7.80. The van der Waals surface area contributed by atoms with Crippen molar-refractivity contribution in [2.24, 2.45) is 0 Å². The second-order valence-corrected chi connectivity index (χ2v) is 5.34. The van der Waals surface area contributed by atoms with Crippen LogP contribution in [-0.2, 0) is 4.79 Å². The maximum atomic E-state index is 10.7. The van der Waals surface area contributed by atoms with Crippen LogP contribution in [-0.4, -0.2) is 70.3 Å². The van der Waals surface area contributed by atoms with Gasteiger partial charge in [0.15, 0.2) is 0 Å². The summed E-state index contributed by atoms with van der Waals surface area (Å²) in [6.45, 7) is 2.00. The number of aromatic carboxylic acids is 2. The molecule has 13 heteroatoms. The quantitative estimate of drug-likeness (QED) is 0.206. The SMILES string of the molecule is C.C.C=O.CNc1cc(B(O)O)cc(C(=O)O)c1.Nc1cc(B(O)O)cc(C(=O)O)c1. The second kappa shape index (κ2) is 15.5. The zero-order chi connectivity index (χ0) is 22.7. The van der Waals surface area contributed by atoms with E-state index in [1.807, 2.05) is 6.79 Å². The van der Waals surface area contributed by atoms with Crippen LogP contribution in [0.1, 0.15) is 35.6 Å². The molecule has 2 aromatic carbocycles. The zero-order valence-corrected chi connectivity index (χ0v) is 15.3. The third-order valence-electron chi connectivity index (χ3n) is 3.31. The third-order valence-corrected chi connectivity index (χ3v) is 3.31. The van der Waals surface area contributed by atoms with Crippen LogP contribution in [0.3, 0.4) is 0 Å². The van der Waals surface area contributed by atoms with Gasteiger partial charge >= 0.3 is 26.2 Å². The molecule has 0 aromatic heterocycles. The van der Waals surface area contributed by atoms with Crippen molar-refractivity contribution in [3.05, 3.63) is 47.5 Å². The van der Waals surface area contributed by atoms with Gasteiger partial charge in [-0.05, 0) is 47.3 Å². The molecule has 31 heavy (non-hydrogen) atoms. The van der Waals surface area contributed by atoms with Crippen molar-refractivity contribution in [3.63, 3.8) is 0 Å². The summed E-state index contributed by atoms with van der Waals surface area (Å²) in [5.74, 6) is -2.27. The molecule has 0 aliphatic rings. The molecule has 11 nitrogen and oxygen atoms in total. The Balaban J connectivity index is -0.000000442. The van der Waals surface area contributed by atoms with Crippen LogP contribution in [0.4, 0.5) is 11.4 Å². The number of nitrogen functional groups attached to an aromatic ring is 1. The molecule has 0 aliphatic carbocycles. The molecular formula is C18H28B2N2O9. The Kier molecular flexibility index (Phi) is 16.1. The van der Waals surface area contributed by atoms with Gasteiger partial charge < -0.3 is 46.2 Å². The van der Waals surface area contributed by atoms with Gasteiger partial charge in [0.25, 0.3) is 0 Å². The third kappa shape index (κ3) is 10.8. The minimum atomic E-state index is -1.71. The largest absolute Gasteiger partial charge is 0.488 e. The molecule has 0 radical (unpaired) electrons. The van der Waals surface area contributed by atoms with Gasteiger partial charge in [-0.2, -0.15) is 0 Å². The summed E-state index contributed by atoms with van der Waals surface area (Å²) < 4.78 is 0. The van der Waals surface area contributed by atoms with Gasteiger partial charge in [-0.25, -0.2) is 9.59 Å². The topological polar surface area (TPSA) is 211 Å². The van der Waals surface area contributed by atoms with Crippen molar-refractivity contribution < 1.29 is 44.7 Å². The molecule has 0 atom stereocenters. The van der Waals surface area contributed by atoms with E-state index >= 15 is 0 Å². The predicted molar refractivity (Wildman–Crippen MR) is 121 cm³/mol. The summed E-state index contributed by atoms with van der Waals surface area (Å²) >= 11 is 0. The molecule has 0 spiro atoms. The average molecular weight is 438 g/mol. The molecule has 0 bridgehead atoms. The van der Waals surface area contributed by atoms with Gasteiger partial charge in [-0.1, -0.05) is 14.9 Å². The van der Waals surface area contributed by atoms with Crippen LogP contribution in [0.5, 0.6) is 0 Å². The van der Waals surface area contributed by atoms with Crippen LogP contribution in [0.15, 0.2) is 36.4 Å². The summed E-state index contributed by atoms with van der Waals surface area (Å²) in [5.41, 5.74) is 6.22. The average Bonchev–Trinajstić information content (AvgIpc) is 2.68. The molecule has 9 N–H and O–H groups in total. The highest BCUT2D eigenvalue weighted by Gasteiger charge is 2.15. The number of benzene rings is 2. The number of rotatable bonds is 5. The number of carboxylic acids is 2. The van der Waals surface area contributed by atoms with Crippen molar-refractivity contribution in [3.8, 4) is 0 Å². The van der Waals surface area contributed by atoms with E-state index in [0.29, 0.717) is 5.69 Å². The van der Waals surface area contributed by atoms with Crippen molar-refractivity contribution >= 4 is 55.3 Å². The number of nitrogens with one attached hydrogen (secondary N) is 1. The Bertz CT molecular complexity index is 849. The molecule has 0 amide bonds. The smallest absolute Gasteiger partial charge is 0.478 e. The van der Waals surface area contributed by atoms with Gasteiger partial charge in [0.1, 0.15) is 6.79 Å². The van der Waals surface area contributed by atoms with E-state index in [-0.39, 0.29) is 42.6 Å². The van der Waals surface area contributed by atoms with E-state index in [1.165, 1.54) is 30.3 Å². The molecule has 0 heterocycles. The normalized spacial score (nSPS) is 8.55. The number of anilines is 2. The zero-order valence-electron chi connectivity index (χ0n) is 15.3. The Hall–Kier alpha value is -3.38. The lowest BCUT2D eigenvalue weighted by atomic mass is 9.79. The Morgan fingerprint density at radius 2 is 1.19 bits per heavy atom. The summed E-state index contributed by atoms with van der Waals surface area (Å²) in [6.07, 6.45) is 0. The Labute approximate surface area is 181 Å². The van der Waals surface area contributed by atoms with E-state index in [0.717, 1.165) is 6.07 Å². The van der Waals surface area contributed by atoms with Gasteiger partial charge in [0.05, 0.1) is 11.1 Å². The highest BCUT2D eigenvalue weighted by molar-refractivity contribution is 6.59. The van der Waals surface area contributed by atoms with Crippen LogP contribution in [0.25, 0.3) is 0 Å². The monoisotopic (exact) mass is 438 g/mol. The molecule has 0 aliphatic heterocycles. The molecular weight excluding hydrogens is 410 g/mol. The van der Waals surface area contributed by atoms with Crippen LogP contribution in [0.2, 0.25) is 0 Å². The van der Waals surface area contributed by atoms with Crippen LogP contribution < -0.4 is 22.0 Å². The van der Waals surface area contributed by atoms with Crippen molar-refractivity contribution in [2.45, 2.75) is 14.9 Å². The van der Waals surface area contributed by atoms with Gasteiger partial charge in [0, 0.05) is 18.4 Å². The van der Waals surface area contributed by atoms with Gasteiger partial charge in [-0.3, -0.25) is 0 Å². The molecule has 170 valence electrons. The van der Waals surface area contributed by atoms with E-state index in [9.17, 15) is 9.59 Å². The maximum absolute atomic E-state index is 10.7. The molecule has 0 saturated carbocycles. The minimum Gasteiger partial charge on any atom is -0.478 e. The molecule has 0 saturated heterocycles. The highest BCUT2D eigenvalue weighted by Crippen LogP contribution is 2.08. The number of nitrogens with two attached hydrogens (primary N) is 1. The number of hydrogen-bond donors (Lipinski definition) is 8. The summed E-state index contributed by atoms with van der Waals surface area (Å²) in [5, 5.41) is 55.3. The fourth-order valence-electron chi connectivity index (χ4n) is 2.02. The maximum Gasteiger partial charge on any atom is 0.488 e. The lowest BCUT2D eigenvalue weighted by molar-refractivity contribution is -0.0980. The fraction of sp³-hybridized carbons (Fsp3) is 0.167. The molecule has 2 aromatic rings. The van der Waals surface area contributed by atoms with Gasteiger partial charge in [-0.15, -0.1) is 0 Å². The lowest BCUT2D eigenvalue weighted by Crippen LogP contribution is -2.30. The van der Waals surface area contributed by atoms with Gasteiger partial charge in [0.2, 0.25) is 0 Å². The van der Waals surface area contributed by atoms with Crippen molar-refractivity contribution in [1.29, 1.82) is 0 Å². The van der Waals surface area contributed by atoms with Crippen molar-refractivity contribution in [1.82, 2.24) is 0 Å². The number of carbonyl (C=O) groups is 3. The second-order valence-electron chi connectivity index (χ2n) is 5.34. The van der Waals surface area contributed by atoms with E-state index < -0.39 is 26.2 Å². The lowest BCUT2D eigenvalue weighted by Gasteiger charge is -2.06. The summed E-state index contributed by atoms with van der Waals surface area (Å²) in [7, 11) is -1.75. The number of carboxylic acid groups (broad SMARTS) is 2.